The number of para-hydroxylation sites is 1. The summed E-state index contributed by atoms with van der Waals surface area (Å²) in [5, 5.41) is 4.33. The van der Waals surface area contributed by atoms with Gasteiger partial charge in [0.25, 0.3) is 0 Å². The van der Waals surface area contributed by atoms with Gasteiger partial charge in [0.05, 0.1) is 12.6 Å². The lowest BCUT2D eigenvalue weighted by Gasteiger charge is -2.32. The molecule has 30 heavy (non-hydrogen) atoms. The average molecular weight is 428 g/mol. The molecule has 2 aromatic carbocycles. The van der Waals surface area contributed by atoms with Crippen LogP contribution >= 0.6 is 12.4 Å². The Balaban J connectivity index is 0.00000256. The second-order valence-electron chi connectivity index (χ2n) is 8.04. The molecular formula is C24H30ClN3O2. The molecule has 1 aliphatic rings. The first-order chi connectivity index (χ1) is 14.1. The van der Waals surface area contributed by atoms with E-state index in [9.17, 15) is 4.79 Å². The van der Waals surface area contributed by atoms with Crippen LogP contribution in [0.5, 0.6) is 5.75 Å². The van der Waals surface area contributed by atoms with Crippen LogP contribution in [0.25, 0.3) is 10.9 Å². The molecule has 1 fully saturated rings. The average Bonchev–Trinajstić information content (AvgIpc) is 3.19. The maximum absolute atomic E-state index is 12.9. The monoisotopic (exact) mass is 427 g/mol. The SMILES string of the molecule is COc1ccc(C(CNC(=O)C2(N)CCCCC2)c2c[nH]c3ccccc23)cc1.Cl. The molecule has 6 heteroatoms. The molecule has 0 radical (unpaired) electrons. The number of H-pyrrole nitrogens is 1. The van der Waals surface area contributed by atoms with Crippen LogP contribution in [0, 0.1) is 0 Å². The number of methoxy groups -OCH3 is 1. The minimum atomic E-state index is -0.733. The van der Waals surface area contributed by atoms with Gasteiger partial charge in [0.1, 0.15) is 5.75 Å². The second-order valence-corrected chi connectivity index (χ2v) is 8.04. The molecule has 1 heterocycles. The number of rotatable bonds is 6. The molecule has 160 valence electrons. The smallest absolute Gasteiger partial charge is 0.240 e. The van der Waals surface area contributed by atoms with Crippen molar-refractivity contribution in [2.75, 3.05) is 13.7 Å². The molecule has 0 saturated heterocycles. The van der Waals surface area contributed by atoms with E-state index in [1.807, 2.05) is 30.5 Å². The maximum atomic E-state index is 12.9. The number of benzene rings is 2. The minimum absolute atomic E-state index is 0. The lowest BCUT2D eigenvalue weighted by molar-refractivity contribution is -0.127. The minimum Gasteiger partial charge on any atom is -0.497 e. The summed E-state index contributed by atoms with van der Waals surface area (Å²) < 4.78 is 5.31. The van der Waals surface area contributed by atoms with E-state index in [-0.39, 0.29) is 24.2 Å². The number of nitrogens with one attached hydrogen (secondary N) is 2. The highest BCUT2D eigenvalue weighted by Crippen LogP contribution is 2.32. The maximum Gasteiger partial charge on any atom is 0.240 e. The number of aromatic nitrogens is 1. The molecule has 4 rings (SSSR count). The Morgan fingerprint density at radius 3 is 2.53 bits per heavy atom. The summed E-state index contributed by atoms with van der Waals surface area (Å²) in [5.74, 6) is 0.808. The fourth-order valence-electron chi connectivity index (χ4n) is 4.41. The van der Waals surface area contributed by atoms with Crippen LogP contribution < -0.4 is 15.8 Å². The van der Waals surface area contributed by atoms with Gasteiger partial charge in [-0.25, -0.2) is 0 Å². The molecule has 0 aliphatic heterocycles. The first-order valence-corrected chi connectivity index (χ1v) is 10.4. The van der Waals surface area contributed by atoms with E-state index in [1.54, 1.807) is 7.11 Å². The van der Waals surface area contributed by atoms with Gasteiger partial charge in [-0.3, -0.25) is 4.79 Å². The molecule has 0 spiro atoms. The number of halogens is 1. The number of amides is 1. The number of nitrogens with two attached hydrogens (primary N) is 1. The third-order valence-electron chi connectivity index (χ3n) is 6.18. The molecule has 1 amide bonds. The topological polar surface area (TPSA) is 80.1 Å². The van der Waals surface area contributed by atoms with Crippen LogP contribution in [-0.4, -0.2) is 30.1 Å². The fourth-order valence-corrected chi connectivity index (χ4v) is 4.41. The van der Waals surface area contributed by atoms with Crippen molar-refractivity contribution >= 4 is 29.2 Å². The van der Waals surface area contributed by atoms with Gasteiger partial charge in [-0.05, 0) is 42.2 Å². The zero-order chi connectivity index (χ0) is 20.3. The predicted octanol–water partition coefficient (Wildman–Crippen LogP) is 4.51. The summed E-state index contributed by atoms with van der Waals surface area (Å²) in [6.45, 7) is 0.506. The summed E-state index contributed by atoms with van der Waals surface area (Å²) in [5.41, 5.74) is 9.10. The van der Waals surface area contributed by atoms with Crippen LogP contribution in [0.4, 0.5) is 0 Å². The number of hydrogen-bond donors (Lipinski definition) is 3. The van der Waals surface area contributed by atoms with Gasteiger partial charge in [0.2, 0.25) is 5.91 Å². The van der Waals surface area contributed by atoms with E-state index in [0.717, 1.165) is 48.9 Å². The van der Waals surface area contributed by atoms with Crippen molar-refractivity contribution in [2.45, 2.75) is 43.6 Å². The Kier molecular flexibility index (Phi) is 7.06. The molecule has 0 bridgehead atoms. The van der Waals surface area contributed by atoms with Gasteiger partial charge in [-0.1, -0.05) is 49.6 Å². The Labute approximate surface area is 183 Å². The van der Waals surface area contributed by atoms with E-state index < -0.39 is 5.54 Å². The fraction of sp³-hybridized carbons (Fsp3) is 0.375. The number of hydrogen-bond acceptors (Lipinski definition) is 3. The van der Waals surface area contributed by atoms with Crippen LogP contribution in [0.1, 0.15) is 49.1 Å². The molecule has 1 aliphatic carbocycles. The molecule has 3 aromatic rings. The molecule has 4 N–H and O–H groups in total. The van der Waals surface area contributed by atoms with Gasteiger partial charge in [-0.2, -0.15) is 0 Å². The van der Waals surface area contributed by atoms with Crippen molar-refractivity contribution in [1.29, 1.82) is 0 Å². The first kappa shape index (κ1) is 22.2. The third kappa shape index (κ3) is 4.47. The van der Waals surface area contributed by atoms with E-state index >= 15 is 0 Å². The quantitative estimate of drug-likeness (QED) is 0.541. The Bertz CT molecular complexity index is 978. The molecule has 5 nitrogen and oxygen atoms in total. The van der Waals surface area contributed by atoms with E-state index in [0.29, 0.717) is 6.54 Å². The number of fused-ring (bicyclic) bond motifs is 1. The molecule has 1 saturated carbocycles. The van der Waals surface area contributed by atoms with Crippen LogP contribution in [0.3, 0.4) is 0 Å². The zero-order valence-electron chi connectivity index (χ0n) is 17.3. The van der Waals surface area contributed by atoms with Crippen LogP contribution in [0.15, 0.2) is 54.7 Å². The zero-order valence-corrected chi connectivity index (χ0v) is 18.1. The lowest BCUT2D eigenvalue weighted by Crippen LogP contribution is -2.55. The molecular weight excluding hydrogens is 398 g/mol. The van der Waals surface area contributed by atoms with Gasteiger partial charge in [-0.15, -0.1) is 12.4 Å². The summed E-state index contributed by atoms with van der Waals surface area (Å²) in [4.78, 5) is 16.3. The van der Waals surface area contributed by atoms with E-state index in [1.165, 1.54) is 10.9 Å². The number of carbonyl (C=O) groups excluding carboxylic acids is 1. The van der Waals surface area contributed by atoms with Crippen molar-refractivity contribution < 1.29 is 9.53 Å². The molecule has 1 aromatic heterocycles. The van der Waals surface area contributed by atoms with Gasteiger partial charge >= 0.3 is 0 Å². The summed E-state index contributed by atoms with van der Waals surface area (Å²) in [6.07, 6.45) is 6.78. The molecule has 1 atom stereocenters. The Morgan fingerprint density at radius 2 is 1.83 bits per heavy atom. The Hall–Kier alpha value is -2.50. The normalized spacial score (nSPS) is 16.5. The number of ether oxygens (including phenoxy) is 1. The van der Waals surface area contributed by atoms with Crippen LogP contribution in [-0.2, 0) is 4.79 Å². The standard InChI is InChI=1S/C24H29N3O2.ClH/c1-29-18-11-9-17(10-12-18)20(21-16-26-22-8-4-3-7-19(21)22)15-27-23(28)24(25)13-5-2-6-14-24;/h3-4,7-12,16,20,26H,2,5-6,13-15,25H2,1H3,(H,27,28);1H. The highest BCUT2D eigenvalue weighted by Gasteiger charge is 2.35. The summed E-state index contributed by atoms with van der Waals surface area (Å²) in [7, 11) is 1.66. The summed E-state index contributed by atoms with van der Waals surface area (Å²) >= 11 is 0. The number of carbonyl (C=O) groups is 1. The van der Waals surface area contributed by atoms with Crippen molar-refractivity contribution in [3.05, 3.63) is 65.9 Å². The van der Waals surface area contributed by atoms with Crippen molar-refractivity contribution in [1.82, 2.24) is 10.3 Å². The van der Waals surface area contributed by atoms with Gasteiger partial charge in [0, 0.05) is 29.6 Å². The number of aromatic amines is 1. The highest BCUT2D eigenvalue weighted by molar-refractivity contribution is 5.87. The molecule has 1 unspecified atom stereocenters. The highest BCUT2D eigenvalue weighted by atomic mass is 35.5. The van der Waals surface area contributed by atoms with Gasteiger partial charge < -0.3 is 20.8 Å². The lowest BCUT2D eigenvalue weighted by atomic mass is 9.81. The van der Waals surface area contributed by atoms with Gasteiger partial charge in [0.15, 0.2) is 0 Å². The summed E-state index contributed by atoms with van der Waals surface area (Å²) in [6, 6.07) is 16.3. The Morgan fingerprint density at radius 1 is 1.13 bits per heavy atom. The predicted molar refractivity (Wildman–Crippen MR) is 123 cm³/mol. The third-order valence-corrected chi connectivity index (χ3v) is 6.18. The largest absolute Gasteiger partial charge is 0.497 e. The first-order valence-electron chi connectivity index (χ1n) is 10.4. The van der Waals surface area contributed by atoms with Crippen molar-refractivity contribution in [3.8, 4) is 5.75 Å². The van der Waals surface area contributed by atoms with E-state index in [4.69, 9.17) is 10.5 Å². The van der Waals surface area contributed by atoms with Crippen molar-refractivity contribution in [2.24, 2.45) is 5.73 Å². The van der Waals surface area contributed by atoms with E-state index in [2.05, 4.69) is 34.6 Å². The van der Waals surface area contributed by atoms with Crippen LogP contribution in [0.2, 0.25) is 0 Å². The van der Waals surface area contributed by atoms with Crippen molar-refractivity contribution in [3.63, 3.8) is 0 Å². The second kappa shape index (κ2) is 9.54.